The van der Waals surface area contributed by atoms with Gasteiger partial charge in [0.05, 0.1) is 18.8 Å². The van der Waals surface area contributed by atoms with Crippen molar-refractivity contribution in [3.63, 3.8) is 0 Å². The molecular weight excluding hydrogens is 214 g/mol. The van der Waals surface area contributed by atoms with E-state index in [1.54, 1.807) is 0 Å². The molecule has 3 rings (SSSR count). The maximum absolute atomic E-state index is 6.06. The van der Waals surface area contributed by atoms with Gasteiger partial charge in [-0.05, 0) is 25.7 Å². The van der Waals surface area contributed by atoms with Crippen LogP contribution in [0.15, 0.2) is 0 Å². The van der Waals surface area contributed by atoms with Crippen molar-refractivity contribution in [1.82, 2.24) is 5.32 Å². The van der Waals surface area contributed by atoms with E-state index in [9.17, 15) is 0 Å². The third-order valence-electron chi connectivity index (χ3n) is 4.73. The molecule has 3 fully saturated rings. The second kappa shape index (κ2) is 4.52. The Kier molecular flexibility index (Phi) is 3.18. The van der Waals surface area contributed by atoms with Crippen LogP contribution in [0, 0.1) is 5.41 Å². The second-order valence-electron chi connectivity index (χ2n) is 6.61. The fourth-order valence-electron chi connectivity index (χ4n) is 3.51. The Balaban J connectivity index is 1.50. The van der Waals surface area contributed by atoms with Crippen molar-refractivity contribution in [3.8, 4) is 0 Å². The van der Waals surface area contributed by atoms with Gasteiger partial charge in [-0.1, -0.05) is 19.8 Å². The summed E-state index contributed by atoms with van der Waals surface area (Å²) in [5.74, 6) is 0. The average Bonchev–Trinajstić information content (AvgIpc) is 2.72. The van der Waals surface area contributed by atoms with Gasteiger partial charge in [-0.25, -0.2) is 0 Å². The molecule has 1 atom stereocenters. The van der Waals surface area contributed by atoms with E-state index in [2.05, 4.69) is 12.2 Å². The Morgan fingerprint density at radius 3 is 2.65 bits per heavy atom. The van der Waals surface area contributed by atoms with Crippen molar-refractivity contribution >= 4 is 0 Å². The van der Waals surface area contributed by atoms with Crippen molar-refractivity contribution < 1.29 is 9.47 Å². The molecule has 2 saturated heterocycles. The van der Waals surface area contributed by atoms with E-state index in [4.69, 9.17) is 9.47 Å². The molecule has 0 aromatic heterocycles. The second-order valence-corrected chi connectivity index (χ2v) is 6.61. The highest BCUT2D eigenvalue weighted by atomic mass is 16.5. The van der Waals surface area contributed by atoms with Crippen molar-refractivity contribution in [2.75, 3.05) is 26.4 Å². The lowest BCUT2D eigenvalue weighted by Crippen LogP contribution is -2.52. The summed E-state index contributed by atoms with van der Waals surface area (Å²) in [6, 6.07) is 0.666. The molecule has 0 bridgehead atoms. The summed E-state index contributed by atoms with van der Waals surface area (Å²) in [4.78, 5) is 0. The molecule has 1 N–H and O–H groups in total. The zero-order valence-electron chi connectivity index (χ0n) is 11.0. The fraction of sp³-hybridized carbons (Fsp3) is 1.00. The van der Waals surface area contributed by atoms with Crippen LogP contribution >= 0.6 is 0 Å². The molecule has 2 heterocycles. The van der Waals surface area contributed by atoms with Gasteiger partial charge in [0.1, 0.15) is 0 Å². The van der Waals surface area contributed by atoms with Gasteiger partial charge in [-0.3, -0.25) is 0 Å². The summed E-state index contributed by atoms with van der Waals surface area (Å²) < 4.78 is 11.4. The Hall–Kier alpha value is -0.120. The lowest BCUT2D eigenvalue weighted by molar-refractivity contribution is -0.109. The van der Waals surface area contributed by atoms with E-state index in [0.717, 1.165) is 26.4 Å². The molecule has 0 aromatic carbocycles. The molecule has 3 nitrogen and oxygen atoms in total. The number of ether oxygens (including phenoxy) is 2. The van der Waals surface area contributed by atoms with Crippen LogP contribution in [0.3, 0.4) is 0 Å². The van der Waals surface area contributed by atoms with Crippen LogP contribution in [0.1, 0.15) is 45.4 Å². The van der Waals surface area contributed by atoms with Crippen LogP contribution < -0.4 is 5.32 Å². The highest BCUT2D eigenvalue weighted by Crippen LogP contribution is 2.40. The third kappa shape index (κ3) is 2.51. The quantitative estimate of drug-likeness (QED) is 0.818. The van der Waals surface area contributed by atoms with Crippen molar-refractivity contribution in [1.29, 1.82) is 0 Å². The Bertz CT molecular complexity index is 269. The first-order valence-electron chi connectivity index (χ1n) is 7.15. The Morgan fingerprint density at radius 2 is 2.00 bits per heavy atom. The summed E-state index contributed by atoms with van der Waals surface area (Å²) in [6.07, 6.45) is 7.69. The molecule has 0 radical (unpaired) electrons. The number of rotatable bonds is 3. The smallest absolute Gasteiger partial charge is 0.0697 e. The number of hydrogen-bond donors (Lipinski definition) is 1. The largest absolute Gasteiger partial charge is 0.380 e. The molecule has 0 aromatic rings. The van der Waals surface area contributed by atoms with Crippen LogP contribution in [0.25, 0.3) is 0 Å². The Labute approximate surface area is 104 Å². The molecule has 0 amide bonds. The topological polar surface area (TPSA) is 30.5 Å². The van der Waals surface area contributed by atoms with E-state index in [1.165, 1.54) is 38.5 Å². The Morgan fingerprint density at radius 1 is 1.24 bits per heavy atom. The minimum Gasteiger partial charge on any atom is -0.380 e. The molecular formula is C14H25NO2. The monoisotopic (exact) mass is 239 g/mol. The summed E-state index contributed by atoms with van der Waals surface area (Å²) in [5.41, 5.74) is 0.633. The van der Waals surface area contributed by atoms with Crippen molar-refractivity contribution in [2.24, 2.45) is 5.41 Å². The van der Waals surface area contributed by atoms with Crippen LogP contribution in [0.2, 0.25) is 0 Å². The lowest BCUT2D eigenvalue weighted by Gasteiger charge is -2.42. The maximum atomic E-state index is 6.06. The highest BCUT2D eigenvalue weighted by Gasteiger charge is 2.41. The van der Waals surface area contributed by atoms with Crippen molar-refractivity contribution in [3.05, 3.63) is 0 Å². The molecule has 1 spiro atoms. The number of nitrogens with one attached hydrogen (secondary N) is 1. The fourth-order valence-corrected chi connectivity index (χ4v) is 3.51. The predicted octanol–water partition coefficient (Wildman–Crippen LogP) is 2.10. The zero-order chi connectivity index (χ0) is 11.8. The minimum absolute atomic E-state index is 0.243. The molecule has 3 heteroatoms. The SMILES string of the molecule is CC1(CNC2CCOC3(CCCC3)C2)COC1. The van der Waals surface area contributed by atoms with Crippen LogP contribution in [0.5, 0.6) is 0 Å². The highest BCUT2D eigenvalue weighted by molar-refractivity contribution is 4.94. The van der Waals surface area contributed by atoms with E-state index in [-0.39, 0.29) is 5.60 Å². The van der Waals surface area contributed by atoms with E-state index < -0.39 is 0 Å². The standard InChI is InChI=1S/C14H25NO2/c1-13(10-16-11-13)9-15-12-4-7-17-14(8-12)5-2-3-6-14/h12,15H,2-11H2,1H3. The molecule has 17 heavy (non-hydrogen) atoms. The average molecular weight is 239 g/mol. The van der Waals surface area contributed by atoms with Gasteiger partial charge in [-0.2, -0.15) is 0 Å². The summed E-state index contributed by atoms with van der Waals surface area (Å²) in [6.45, 7) is 6.22. The van der Waals surface area contributed by atoms with Gasteiger partial charge in [0.2, 0.25) is 0 Å². The van der Waals surface area contributed by atoms with Crippen LogP contribution in [-0.4, -0.2) is 38.0 Å². The molecule has 1 saturated carbocycles. The van der Waals surface area contributed by atoms with E-state index >= 15 is 0 Å². The van der Waals surface area contributed by atoms with Gasteiger partial charge in [0.15, 0.2) is 0 Å². The first-order chi connectivity index (χ1) is 8.20. The van der Waals surface area contributed by atoms with Gasteiger partial charge < -0.3 is 14.8 Å². The van der Waals surface area contributed by atoms with Gasteiger partial charge in [0, 0.05) is 24.6 Å². The molecule has 3 aliphatic rings. The van der Waals surface area contributed by atoms with Gasteiger partial charge in [0.25, 0.3) is 0 Å². The molecule has 1 aliphatic carbocycles. The van der Waals surface area contributed by atoms with E-state index in [0.29, 0.717) is 11.5 Å². The maximum Gasteiger partial charge on any atom is 0.0697 e. The predicted molar refractivity (Wildman–Crippen MR) is 67.1 cm³/mol. The first-order valence-corrected chi connectivity index (χ1v) is 7.15. The molecule has 98 valence electrons. The first kappa shape index (κ1) is 11.9. The van der Waals surface area contributed by atoms with Gasteiger partial charge >= 0.3 is 0 Å². The lowest BCUT2D eigenvalue weighted by atomic mass is 9.86. The summed E-state index contributed by atoms with van der Waals surface area (Å²) in [7, 11) is 0. The number of hydrogen-bond acceptors (Lipinski definition) is 3. The van der Waals surface area contributed by atoms with Gasteiger partial charge in [-0.15, -0.1) is 0 Å². The minimum atomic E-state index is 0.243. The summed E-state index contributed by atoms with van der Waals surface area (Å²) >= 11 is 0. The van der Waals surface area contributed by atoms with Crippen LogP contribution in [0.4, 0.5) is 0 Å². The zero-order valence-corrected chi connectivity index (χ0v) is 11.0. The van der Waals surface area contributed by atoms with Crippen molar-refractivity contribution in [2.45, 2.75) is 57.1 Å². The van der Waals surface area contributed by atoms with Crippen LogP contribution in [-0.2, 0) is 9.47 Å². The normalized spacial score (nSPS) is 34.8. The molecule has 2 aliphatic heterocycles. The summed E-state index contributed by atoms with van der Waals surface area (Å²) in [5, 5.41) is 3.76. The third-order valence-corrected chi connectivity index (χ3v) is 4.73. The molecule has 1 unspecified atom stereocenters. The van der Waals surface area contributed by atoms with E-state index in [1.807, 2.05) is 0 Å².